The van der Waals surface area contributed by atoms with E-state index in [4.69, 9.17) is 9.47 Å². The third kappa shape index (κ3) is 4.53. The lowest BCUT2D eigenvalue weighted by Crippen LogP contribution is -2.31. The summed E-state index contributed by atoms with van der Waals surface area (Å²) in [4.78, 5) is 11.9. The van der Waals surface area contributed by atoms with E-state index in [-0.39, 0.29) is 18.6 Å². The standard InChI is InChI=1S/C17H19NO3/c1-13(14-7-4-3-5-8-14)18-17(19)12-21-16-10-6-9-15(11-16)20-2/h3-11,13H,12H2,1-2H3,(H,18,19)/t13-/m1/s1. The first-order valence-electron chi connectivity index (χ1n) is 6.80. The quantitative estimate of drug-likeness (QED) is 0.887. The Hall–Kier alpha value is -2.49. The van der Waals surface area contributed by atoms with E-state index in [2.05, 4.69) is 5.32 Å². The molecule has 2 aromatic rings. The highest BCUT2D eigenvalue weighted by Gasteiger charge is 2.09. The van der Waals surface area contributed by atoms with Crippen molar-refractivity contribution in [2.24, 2.45) is 0 Å². The number of rotatable bonds is 6. The molecule has 4 heteroatoms. The summed E-state index contributed by atoms with van der Waals surface area (Å²) in [6.45, 7) is 1.92. The Labute approximate surface area is 124 Å². The molecule has 0 bridgehead atoms. The maximum Gasteiger partial charge on any atom is 0.258 e. The fraction of sp³-hybridized carbons (Fsp3) is 0.235. The van der Waals surface area contributed by atoms with Gasteiger partial charge in [-0.15, -0.1) is 0 Å². The largest absolute Gasteiger partial charge is 0.497 e. The van der Waals surface area contributed by atoms with Crippen LogP contribution in [-0.2, 0) is 4.79 Å². The van der Waals surface area contributed by atoms with Gasteiger partial charge in [-0.3, -0.25) is 4.79 Å². The van der Waals surface area contributed by atoms with E-state index in [1.807, 2.05) is 49.4 Å². The summed E-state index contributed by atoms with van der Waals surface area (Å²) in [5, 5.41) is 2.90. The van der Waals surface area contributed by atoms with Gasteiger partial charge in [-0.2, -0.15) is 0 Å². The highest BCUT2D eigenvalue weighted by atomic mass is 16.5. The highest BCUT2D eigenvalue weighted by molar-refractivity contribution is 5.78. The summed E-state index contributed by atoms with van der Waals surface area (Å²) in [5.74, 6) is 1.15. The molecule has 1 amide bonds. The molecule has 110 valence electrons. The number of ether oxygens (including phenoxy) is 2. The molecular weight excluding hydrogens is 266 g/mol. The maximum absolute atomic E-state index is 11.9. The van der Waals surface area contributed by atoms with Crippen LogP contribution in [0.3, 0.4) is 0 Å². The number of hydrogen-bond donors (Lipinski definition) is 1. The summed E-state index contributed by atoms with van der Waals surface area (Å²) in [5.41, 5.74) is 1.06. The first-order valence-corrected chi connectivity index (χ1v) is 6.80. The summed E-state index contributed by atoms with van der Waals surface area (Å²) >= 11 is 0. The second-order valence-electron chi connectivity index (χ2n) is 4.67. The van der Waals surface area contributed by atoms with E-state index < -0.39 is 0 Å². The smallest absolute Gasteiger partial charge is 0.258 e. The Morgan fingerprint density at radius 2 is 1.81 bits per heavy atom. The highest BCUT2D eigenvalue weighted by Crippen LogP contribution is 2.18. The van der Waals surface area contributed by atoms with Crippen LogP contribution in [0.25, 0.3) is 0 Å². The lowest BCUT2D eigenvalue weighted by atomic mass is 10.1. The Morgan fingerprint density at radius 3 is 2.52 bits per heavy atom. The molecule has 0 spiro atoms. The first-order chi connectivity index (χ1) is 10.2. The number of methoxy groups -OCH3 is 1. The molecular formula is C17H19NO3. The third-order valence-electron chi connectivity index (χ3n) is 3.09. The number of hydrogen-bond acceptors (Lipinski definition) is 3. The Bertz CT molecular complexity index is 584. The van der Waals surface area contributed by atoms with Crippen molar-refractivity contribution >= 4 is 5.91 Å². The molecule has 0 saturated carbocycles. The SMILES string of the molecule is COc1cccc(OCC(=O)N[C@H](C)c2ccccc2)c1. The third-order valence-corrected chi connectivity index (χ3v) is 3.09. The molecule has 0 aliphatic rings. The molecule has 0 fully saturated rings. The molecule has 2 rings (SSSR count). The van der Waals surface area contributed by atoms with Crippen LogP contribution in [0.2, 0.25) is 0 Å². The fourth-order valence-electron chi connectivity index (χ4n) is 1.95. The van der Waals surface area contributed by atoms with E-state index in [1.165, 1.54) is 0 Å². The van der Waals surface area contributed by atoms with E-state index in [0.717, 1.165) is 5.56 Å². The lowest BCUT2D eigenvalue weighted by molar-refractivity contribution is -0.123. The zero-order valence-electron chi connectivity index (χ0n) is 12.2. The predicted octanol–water partition coefficient (Wildman–Crippen LogP) is 2.95. The Kier molecular flexibility index (Phi) is 5.21. The minimum Gasteiger partial charge on any atom is -0.497 e. The van der Waals surface area contributed by atoms with E-state index >= 15 is 0 Å². The maximum atomic E-state index is 11.9. The molecule has 0 heterocycles. The van der Waals surface area contributed by atoms with E-state index in [0.29, 0.717) is 11.5 Å². The Balaban J connectivity index is 1.84. The van der Waals surface area contributed by atoms with Gasteiger partial charge in [0.1, 0.15) is 11.5 Å². The van der Waals surface area contributed by atoms with Crippen molar-refractivity contribution in [3.63, 3.8) is 0 Å². The topological polar surface area (TPSA) is 47.6 Å². The van der Waals surface area contributed by atoms with Crippen molar-refractivity contribution in [3.8, 4) is 11.5 Å². The van der Waals surface area contributed by atoms with Crippen LogP contribution in [0.5, 0.6) is 11.5 Å². The number of benzene rings is 2. The summed E-state index contributed by atoms with van der Waals surface area (Å²) in [6.07, 6.45) is 0. The zero-order valence-corrected chi connectivity index (χ0v) is 12.2. The van der Waals surface area contributed by atoms with Crippen molar-refractivity contribution in [2.45, 2.75) is 13.0 Å². The molecule has 1 N–H and O–H groups in total. The fourth-order valence-corrected chi connectivity index (χ4v) is 1.95. The molecule has 21 heavy (non-hydrogen) atoms. The van der Waals surface area contributed by atoms with Crippen LogP contribution in [0, 0.1) is 0 Å². The number of carbonyl (C=O) groups is 1. The average Bonchev–Trinajstić information content (AvgIpc) is 2.54. The van der Waals surface area contributed by atoms with Gasteiger partial charge in [0.15, 0.2) is 6.61 Å². The molecule has 0 radical (unpaired) electrons. The van der Waals surface area contributed by atoms with E-state index in [9.17, 15) is 4.79 Å². The van der Waals surface area contributed by atoms with Crippen LogP contribution in [0.1, 0.15) is 18.5 Å². The van der Waals surface area contributed by atoms with Crippen LogP contribution >= 0.6 is 0 Å². The number of amides is 1. The van der Waals surface area contributed by atoms with Crippen LogP contribution in [0.4, 0.5) is 0 Å². The average molecular weight is 285 g/mol. The molecule has 0 aliphatic carbocycles. The van der Waals surface area contributed by atoms with E-state index in [1.54, 1.807) is 19.2 Å². The molecule has 0 aliphatic heterocycles. The molecule has 4 nitrogen and oxygen atoms in total. The predicted molar refractivity (Wildman–Crippen MR) is 81.5 cm³/mol. The summed E-state index contributed by atoms with van der Waals surface area (Å²) < 4.78 is 10.6. The summed E-state index contributed by atoms with van der Waals surface area (Å²) in [6, 6.07) is 16.9. The van der Waals surface area contributed by atoms with Crippen molar-refractivity contribution in [1.82, 2.24) is 5.32 Å². The lowest BCUT2D eigenvalue weighted by Gasteiger charge is -2.14. The zero-order chi connectivity index (χ0) is 15.1. The number of carbonyl (C=O) groups excluding carboxylic acids is 1. The van der Waals surface area contributed by atoms with Crippen molar-refractivity contribution < 1.29 is 14.3 Å². The van der Waals surface area contributed by atoms with Crippen molar-refractivity contribution in [2.75, 3.05) is 13.7 Å². The minimum atomic E-state index is -0.158. The van der Waals surface area contributed by atoms with Crippen LogP contribution in [0.15, 0.2) is 54.6 Å². The van der Waals surface area contributed by atoms with Gasteiger partial charge < -0.3 is 14.8 Å². The van der Waals surface area contributed by atoms with Crippen LogP contribution in [-0.4, -0.2) is 19.6 Å². The Morgan fingerprint density at radius 1 is 1.10 bits per heavy atom. The van der Waals surface area contributed by atoms with Gasteiger partial charge in [-0.25, -0.2) is 0 Å². The minimum absolute atomic E-state index is 0.0235. The molecule has 1 atom stereocenters. The van der Waals surface area contributed by atoms with Crippen LogP contribution < -0.4 is 14.8 Å². The second-order valence-corrected chi connectivity index (χ2v) is 4.67. The van der Waals surface area contributed by atoms with Gasteiger partial charge >= 0.3 is 0 Å². The molecule has 0 unspecified atom stereocenters. The monoisotopic (exact) mass is 285 g/mol. The molecule has 0 saturated heterocycles. The van der Waals surface area contributed by atoms with Gasteiger partial charge in [0.05, 0.1) is 13.2 Å². The van der Waals surface area contributed by atoms with Gasteiger partial charge in [0, 0.05) is 6.07 Å². The van der Waals surface area contributed by atoms with Gasteiger partial charge in [-0.1, -0.05) is 36.4 Å². The van der Waals surface area contributed by atoms with Crippen molar-refractivity contribution in [1.29, 1.82) is 0 Å². The van der Waals surface area contributed by atoms with Gasteiger partial charge in [0.2, 0.25) is 0 Å². The molecule has 0 aromatic heterocycles. The number of nitrogens with one attached hydrogen (secondary N) is 1. The normalized spacial score (nSPS) is 11.5. The van der Waals surface area contributed by atoms with Crippen molar-refractivity contribution in [3.05, 3.63) is 60.2 Å². The van der Waals surface area contributed by atoms with Gasteiger partial charge in [-0.05, 0) is 24.6 Å². The van der Waals surface area contributed by atoms with Gasteiger partial charge in [0.25, 0.3) is 5.91 Å². The first kappa shape index (κ1) is 14.9. The second kappa shape index (κ2) is 7.33. The molecule has 2 aromatic carbocycles. The summed E-state index contributed by atoms with van der Waals surface area (Å²) in [7, 11) is 1.59.